The Balaban J connectivity index is 2.31. The van der Waals surface area contributed by atoms with Crippen LogP contribution in [0.25, 0.3) is 0 Å². The number of hydrogen-bond acceptors (Lipinski definition) is 2. The molecular formula is C9H12OS. The molecule has 60 valence electrons. The van der Waals surface area contributed by atoms with Gasteiger partial charge < -0.3 is 0 Å². The van der Waals surface area contributed by atoms with Crippen LogP contribution in [0.1, 0.15) is 13.3 Å². The van der Waals surface area contributed by atoms with Crippen molar-refractivity contribution in [1.82, 2.24) is 0 Å². The SMILES string of the molecule is CCSCC(=O)C1=CC=CC1. The second-order valence-corrected chi connectivity index (χ2v) is 3.66. The van der Waals surface area contributed by atoms with Gasteiger partial charge in [-0.2, -0.15) is 11.8 Å². The number of rotatable bonds is 4. The Labute approximate surface area is 71.6 Å². The zero-order valence-electron chi connectivity index (χ0n) is 6.67. The molecule has 0 aromatic heterocycles. The average molecular weight is 168 g/mol. The lowest BCUT2D eigenvalue weighted by Gasteiger charge is -1.98. The highest BCUT2D eigenvalue weighted by molar-refractivity contribution is 7.99. The Morgan fingerprint density at radius 3 is 3.09 bits per heavy atom. The van der Waals surface area contributed by atoms with Crippen LogP contribution < -0.4 is 0 Å². The summed E-state index contributed by atoms with van der Waals surface area (Å²) in [4.78, 5) is 11.3. The van der Waals surface area contributed by atoms with E-state index in [1.807, 2.05) is 18.2 Å². The summed E-state index contributed by atoms with van der Waals surface area (Å²) < 4.78 is 0. The van der Waals surface area contributed by atoms with Crippen molar-refractivity contribution in [1.29, 1.82) is 0 Å². The molecule has 0 aliphatic heterocycles. The summed E-state index contributed by atoms with van der Waals surface area (Å²) in [6, 6.07) is 0. The molecule has 0 N–H and O–H groups in total. The molecule has 0 radical (unpaired) electrons. The third kappa shape index (κ3) is 2.54. The first kappa shape index (κ1) is 8.60. The van der Waals surface area contributed by atoms with E-state index in [2.05, 4.69) is 6.92 Å². The minimum Gasteiger partial charge on any atom is -0.294 e. The van der Waals surface area contributed by atoms with Crippen LogP contribution in [0.15, 0.2) is 23.8 Å². The molecule has 1 rings (SSSR count). The van der Waals surface area contributed by atoms with Gasteiger partial charge in [0.25, 0.3) is 0 Å². The van der Waals surface area contributed by atoms with Crippen molar-refractivity contribution in [2.75, 3.05) is 11.5 Å². The normalized spacial score (nSPS) is 15.2. The number of carbonyl (C=O) groups is 1. The van der Waals surface area contributed by atoms with E-state index < -0.39 is 0 Å². The van der Waals surface area contributed by atoms with Gasteiger partial charge in [0.1, 0.15) is 0 Å². The molecule has 1 nitrogen and oxygen atoms in total. The van der Waals surface area contributed by atoms with Gasteiger partial charge in [0.2, 0.25) is 0 Å². The minimum absolute atomic E-state index is 0.293. The van der Waals surface area contributed by atoms with E-state index in [1.54, 1.807) is 11.8 Å². The molecule has 0 aromatic carbocycles. The van der Waals surface area contributed by atoms with Gasteiger partial charge in [-0.15, -0.1) is 0 Å². The minimum atomic E-state index is 0.293. The van der Waals surface area contributed by atoms with Crippen LogP contribution in [-0.4, -0.2) is 17.3 Å². The predicted octanol–water partition coefficient (Wildman–Crippen LogP) is 2.19. The van der Waals surface area contributed by atoms with Crippen molar-refractivity contribution >= 4 is 17.5 Å². The molecule has 0 heterocycles. The number of carbonyl (C=O) groups excluding carboxylic acids is 1. The fraction of sp³-hybridized carbons (Fsp3) is 0.444. The Morgan fingerprint density at radius 1 is 1.73 bits per heavy atom. The second kappa shape index (κ2) is 4.39. The van der Waals surface area contributed by atoms with Crippen LogP contribution in [0.3, 0.4) is 0 Å². The van der Waals surface area contributed by atoms with E-state index in [-0.39, 0.29) is 0 Å². The van der Waals surface area contributed by atoms with Crippen LogP contribution in [-0.2, 0) is 4.79 Å². The highest BCUT2D eigenvalue weighted by atomic mass is 32.2. The molecule has 0 saturated carbocycles. The molecule has 0 unspecified atom stereocenters. The fourth-order valence-corrected chi connectivity index (χ4v) is 1.52. The zero-order chi connectivity index (χ0) is 8.10. The topological polar surface area (TPSA) is 17.1 Å². The van der Waals surface area contributed by atoms with Gasteiger partial charge in [0.15, 0.2) is 5.78 Å². The van der Waals surface area contributed by atoms with E-state index in [4.69, 9.17) is 0 Å². The summed E-state index contributed by atoms with van der Waals surface area (Å²) in [5.74, 6) is 1.96. The average Bonchev–Trinajstić information content (AvgIpc) is 2.52. The smallest absolute Gasteiger partial charge is 0.169 e. The maximum Gasteiger partial charge on any atom is 0.169 e. The summed E-state index contributed by atoms with van der Waals surface area (Å²) in [6.45, 7) is 2.07. The molecule has 1 aliphatic carbocycles. The zero-order valence-corrected chi connectivity index (χ0v) is 7.49. The molecule has 0 fully saturated rings. The maximum absolute atomic E-state index is 11.3. The van der Waals surface area contributed by atoms with Crippen LogP contribution in [0, 0.1) is 0 Å². The molecule has 11 heavy (non-hydrogen) atoms. The third-order valence-electron chi connectivity index (χ3n) is 1.57. The Kier molecular flexibility index (Phi) is 3.43. The van der Waals surface area contributed by atoms with Gasteiger partial charge in [-0.3, -0.25) is 4.79 Å². The quantitative estimate of drug-likeness (QED) is 0.640. The van der Waals surface area contributed by atoms with Gasteiger partial charge in [-0.1, -0.05) is 25.2 Å². The molecule has 0 aromatic rings. The van der Waals surface area contributed by atoms with E-state index in [1.165, 1.54) is 0 Å². The number of hydrogen-bond donors (Lipinski definition) is 0. The van der Waals surface area contributed by atoms with Gasteiger partial charge in [-0.25, -0.2) is 0 Å². The van der Waals surface area contributed by atoms with E-state index in [0.29, 0.717) is 11.5 Å². The summed E-state index contributed by atoms with van der Waals surface area (Å²) in [5, 5.41) is 0. The van der Waals surface area contributed by atoms with Gasteiger partial charge >= 0.3 is 0 Å². The molecule has 2 heteroatoms. The van der Waals surface area contributed by atoms with Crippen molar-refractivity contribution < 1.29 is 4.79 Å². The van der Waals surface area contributed by atoms with Crippen molar-refractivity contribution in [3.8, 4) is 0 Å². The number of thioether (sulfide) groups is 1. The molecule has 0 saturated heterocycles. The highest BCUT2D eigenvalue weighted by Gasteiger charge is 2.08. The van der Waals surface area contributed by atoms with Gasteiger partial charge in [0.05, 0.1) is 5.75 Å². The van der Waals surface area contributed by atoms with Crippen LogP contribution >= 0.6 is 11.8 Å². The van der Waals surface area contributed by atoms with Crippen LogP contribution in [0.2, 0.25) is 0 Å². The summed E-state index contributed by atoms with van der Waals surface area (Å²) in [5.41, 5.74) is 0.964. The third-order valence-corrected chi connectivity index (χ3v) is 2.44. The lowest BCUT2D eigenvalue weighted by Crippen LogP contribution is -2.03. The second-order valence-electron chi connectivity index (χ2n) is 2.38. The maximum atomic E-state index is 11.3. The number of ketones is 1. The standard InChI is InChI=1S/C9H12OS/c1-2-11-7-9(10)8-5-3-4-6-8/h3-5H,2,6-7H2,1H3. The first-order valence-corrected chi connectivity index (χ1v) is 4.96. The molecule has 0 bridgehead atoms. The van der Waals surface area contributed by atoms with Crippen molar-refractivity contribution in [3.63, 3.8) is 0 Å². The molecule has 0 amide bonds. The fourth-order valence-electron chi connectivity index (χ4n) is 0.941. The predicted molar refractivity (Wildman–Crippen MR) is 49.8 cm³/mol. The number of Topliss-reactive ketones (excluding diaryl/α,β-unsaturated/α-hetero) is 1. The summed E-state index contributed by atoms with van der Waals surface area (Å²) in [6.07, 6.45) is 6.72. The van der Waals surface area contributed by atoms with Gasteiger partial charge in [0, 0.05) is 0 Å². The van der Waals surface area contributed by atoms with Crippen LogP contribution in [0.4, 0.5) is 0 Å². The number of allylic oxidation sites excluding steroid dienone is 4. The first-order chi connectivity index (χ1) is 5.34. The molecular weight excluding hydrogens is 156 g/mol. The van der Waals surface area contributed by atoms with Gasteiger partial charge in [-0.05, 0) is 17.7 Å². The summed E-state index contributed by atoms with van der Waals surface area (Å²) >= 11 is 1.68. The molecule has 0 spiro atoms. The van der Waals surface area contributed by atoms with E-state index in [0.717, 1.165) is 17.7 Å². The Morgan fingerprint density at radius 2 is 2.55 bits per heavy atom. The van der Waals surface area contributed by atoms with E-state index >= 15 is 0 Å². The van der Waals surface area contributed by atoms with E-state index in [9.17, 15) is 4.79 Å². The monoisotopic (exact) mass is 168 g/mol. The Hall–Kier alpha value is -0.500. The highest BCUT2D eigenvalue weighted by Crippen LogP contribution is 2.13. The molecule has 0 atom stereocenters. The lowest BCUT2D eigenvalue weighted by molar-refractivity contribution is -0.113. The van der Waals surface area contributed by atoms with Crippen LogP contribution in [0.5, 0.6) is 0 Å². The van der Waals surface area contributed by atoms with Crippen molar-refractivity contribution in [2.45, 2.75) is 13.3 Å². The first-order valence-electron chi connectivity index (χ1n) is 3.81. The lowest BCUT2D eigenvalue weighted by atomic mass is 10.2. The largest absolute Gasteiger partial charge is 0.294 e. The van der Waals surface area contributed by atoms with Crippen molar-refractivity contribution in [3.05, 3.63) is 23.8 Å². The molecule has 1 aliphatic rings. The summed E-state index contributed by atoms with van der Waals surface area (Å²) in [7, 11) is 0. The van der Waals surface area contributed by atoms with Crippen molar-refractivity contribution in [2.24, 2.45) is 0 Å². The Bertz CT molecular complexity index is 204.